The van der Waals surface area contributed by atoms with E-state index in [-0.39, 0.29) is 109 Å². The lowest BCUT2D eigenvalue weighted by molar-refractivity contribution is -0.137. The van der Waals surface area contributed by atoms with Crippen LogP contribution in [0.3, 0.4) is 0 Å². The zero-order valence-electron chi connectivity index (χ0n) is 63.7. The third-order valence-electron chi connectivity index (χ3n) is 19.3. The number of amides is 9. The molecule has 0 spiro atoms. The van der Waals surface area contributed by atoms with Gasteiger partial charge < -0.3 is 123 Å². The van der Waals surface area contributed by atoms with E-state index < -0.39 is 165 Å². The summed E-state index contributed by atoms with van der Waals surface area (Å²) < 4.78 is 24.4. The lowest BCUT2D eigenvalue weighted by Crippen LogP contribution is -2.56. The molecule has 19 N–H and O–H groups in total. The van der Waals surface area contributed by atoms with Crippen molar-refractivity contribution in [3.05, 3.63) is 164 Å². The van der Waals surface area contributed by atoms with E-state index >= 15 is 24.0 Å². The number of halogens is 2. The second-order valence-electron chi connectivity index (χ2n) is 29.8. The van der Waals surface area contributed by atoms with E-state index in [1.54, 1.807) is 20.8 Å². The number of phenolic OH excluding ortho intramolecular Hbond substituents is 6. The molecule has 7 aromatic rings. The van der Waals surface area contributed by atoms with Gasteiger partial charge in [0.25, 0.3) is 0 Å². The third-order valence-corrected chi connectivity index (χ3v) is 19.9. The number of carbonyl (C=O) groups excluding carboxylic acids is 9. The molecular formula is C80H91Cl2N13O20. The number of unbranched alkanes of at least 4 members (excludes halogenated alkanes) is 1. The van der Waals surface area contributed by atoms with Crippen molar-refractivity contribution in [3.8, 4) is 80.1 Å². The summed E-state index contributed by atoms with van der Waals surface area (Å²) in [6, 6.07) is 6.49. The molecule has 35 heteroatoms. The highest BCUT2D eigenvalue weighted by atomic mass is 35.5. The summed E-state index contributed by atoms with van der Waals surface area (Å²) in [5.41, 5.74) is 2.99. The number of rotatable bonds is 18. The Morgan fingerprint density at radius 1 is 0.565 bits per heavy atom. The summed E-state index contributed by atoms with van der Waals surface area (Å²) in [6.07, 6.45) is -1.33. The van der Waals surface area contributed by atoms with Gasteiger partial charge in [-0.3, -0.25) is 38.4 Å². The molecular weight excluding hydrogens is 1530 g/mol. The van der Waals surface area contributed by atoms with Crippen molar-refractivity contribution < 1.29 is 97.8 Å². The fourth-order valence-electron chi connectivity index (χ4n) is 13.4. The highest BCUT2D eigenvalue weighted by molar-refractivity contribution is 6.32. The van der Waals surface area contributed by atoms with Gasteiger partial charge in [-0.2, -0.15) is 0 Å². The van der Waals surface area contributed by atoms with Crippen molar-refractivity contribution in [2.45, 2.75) is 126 Å². The Hall–Kier alpha value is -11.9. The molecule has 2 unspecified atom stereocenters. The van der Waals surface area contributed by atoms with Crippen LogP contribution in [0.5, 0.6) is 69.0 Å². The number of nitrogens with one attached hydrogen (secondary N) is 10. The summed E-state index contributed by atoms with van der Waals surface area (Å²) in [5, 5.41) is 112. The van der Waals surface area contributed by atoms with Gasteiger partial charge in [0.15, 0.2) is 23.0 Å². The number of aliphatic hydroxyl groups excluding tert-OH is 1. The van der Waals surface area contributed by atoms with Crippen LogP contribution in [0.1, 0.15) is 134 Å². The van der Waals surface area contributed by atoms with E-state index in [1.807, 2.05) is 38.0 Å². The van der Waals surface area contributed by atoms with Gasteiger partial charge in [-0.15, -0.1) is 0 Å². The fourth-order valence-corrected chi connectivity index (χ4v) is 13.9. The van der Waals surface area contributed by atoms with Crippen LogP contribution in [0.25, 0.3) is 11.1 Å². The largest absolute Gasteiger partial charge is 0.508 e. The number of carbonyl (C=O) groups is 9. The number of nitrogens with zero attached hydrogens (tertiary/aromatic N) is 2. The van der Waals surface area contributed by atoms with Crippen molar-refractivity contribution in [1.82, 2.24) is 63.0 Å². The topological polar surface area (TPSA) is 485 Å². The maximum atomic E-state index is 16.3. The predicted molar refractivity (Wildman–Crippen MR) is 418 cm³/mol. The van der Waals surface area contributed by atoms with Crippen molar-refractivity contribution in [1.29, 1.82) is 0 Å². The number of fused-ring (bicyclic) bond motifs is 14. The van der Waals surface area contributed by atoms with E-state index in [4.69, 9.17) is 47.9 Å². The van der Waals surface area contributed by atoms with E-state index in [2.05, 4.69) is 53.2 Å². The first-order valence-electron chi connectivity index (χ1n) is 37.0. The molecule has 0 saturated heterocycles. The predicted octanol–water partition coefficient (Wildman–Crippen LogP) is 6.19. The van der Waals surface area contributed by atoms with Crippen LogP contribution >= 0.6 is 23.2 Å². The normalized spacial score (nSPS) is 19.8. The number of aliphatic hydroxyl groups is 1. The molecule has 0 saturated carbocycles. The monoisotopic (exact) mass is 1620 g/mol. The SMILES string of the molecule is CN(C)CCCNC(=O)C(N)CCCCNCc1c(O)cc2c(c1O)-c1cc(ccc1O)[C@@H]1NC(=O)[C@H]3NC(=O)[C@H]4NC(=O)[C@H](Cc5ccc(c(Cl)c5)Oc5cc3cc(c5O)Oc3ccc(cc3Cl)C(O)[C@H](NC1=O)C(=O)N[C@@H]2C(=O)NCCCN(C)C)NC(=O)[C@@H](NC(=O)OC(C)(C)C)c1ccc(O)c(c1)Oc1cc(O)cc4c1. The third kappa shape index (κ3) is 20.4. The van der Waals surface area contributed by atoms with Gasteiger partial charge in [0.05, 0.1) is 21.7 Å². The molecule has 115 heavy (non-hydrogen) atoms. The van der Waals surface area contributed by atoms with Gasteiger partial charge in [-0.1, -0.05) is 53.9 Å². The van der Waals surface area contributed by atoms with Gasteiger partial charge in [0.1, 0.15) is 94.2 Å². The molecule has 13 rings (SSSR count). The molecule has 0 radical (unpaired) electrons. The Bertz CT molecular complexity index is 4930. The van der Waals surface area contributed by atoms with Crippen LogP contribution in [0.4, 0.5) is 4.79 Å². The highest BCUT2D eigenvalue weighted by Crippen LogP contribution is 2.49. The van der Waals surface area contributed by atoms with E-state index in [0.717, 1.165) is 67.6 Å². The summed E-state index contributed by atoms with van der Waals surface area (Å²) in [4.78, 5) is 139. The van der Waals surface area contributed by atoms with Crippen LogP contribution in [-0.2, 0) is 56.1 Å². The second-order valence-corrected chi connectivity index (χ2v) is 30.6. The molecule has 610 valence electrons. The highest BCUT2D eigenvalue weighted by Gasteiger charge is 2.42. The van der Waals surface area contributed by atoms with E-state index in [1.165, 1.54) is 54.6 Å². The minimum absolute atomic E-state index is 0.00313. The molecule has 0 fully saturated rings. The van der Waals surface area contributed by atoms with E-state index in [9.17, 15) is 54.9 Å². The average molecular weight is 1630 g/mol. The van der Waals surface area contributed by atoms with Gasteiger partial charge in [-0.05, 0) is 212 Å². The smallest absolute Gasteiger partial charge is 0.408 e. The Morgan fingerprint density at radius 2 is 1.16 bits per heavy atom. The average Bonchev–Trinajstić information content (AvgIpc) is 0.755. The van der Waals surface area contributed by atoms with Crippen LogP contribution in [-0.4, -0.2) is 184 Å². The molecule has 9 amide bonds. The molecule has 9 atom stereocenters. The minimum atomic E-state index is -2.24. The van der Waals surface area contributed by atoms with Gasteiger partial charge in [0, 0.05) is 43.2 Å². The molecule has 17 bridgehead atoms. The lowest BCUT2D eigenvalue weighted by Gasteiger charge is -2.32. The number of benzene rings is 7. The zero-order chi connectivity index (χ0) is 83.0. The van der Waals surface area contributed by atoms with Gasteiger partial charge in [-0.25, -0.2) is 4.79 Å². The molecule has 6 aliphatic rings. The minimum Gasteiger partial charge on any atom is -0.508 e. The number of aromatic hydroxyl groups is 6. The summed E-state index contributed by atoms with van der Waals surface area (Å²) in [5.74, 6) is -14.8. The Morgan fingerprint density at radius 3 is 1.81 bits per heavy atom. The zero-order valence-corrected chi connectivity index (χ0v) is 65.3. The first-order valence-corrected chi connectivity index (χ1v) is 37.7. The first kappa shape index (κ1) is 84.1. The van der Waals surface area contributed by atoms with Crippen molar-refractivity contribution >= 4 is 76.6 Å². The number of ether oxygens (including phenoxy) is 4. The Balaban J connectivity index is 1.06. The summed E-state index contributed by atoms with van der Waals surface area (Å²) in [6.45, 7) is 6.38. The Labute approximate surface area is 670 Å². The van der Waals surface area contributed by atoms with Crippen LogP contribution in [0.2, 0.25) is 10.0 Å². The maximum absolute atomic E-state index is 16.3. The molecule has 6 aliphatic heterocycles. The van der Waals surface area contributed by atoms with Crippen molar-refractivity contribution in [3.63, 3.8) is 0 Å². The molecule has 6 heterocycles. The van der Waals surface area contributed by atoms with Crippen LogP contribution < -0.4 is 73.1 Å². The molecule has 33 nitrogen and oxygen atoms in total. The van der Waals surface area contributed by atoms with Gasteiger partial charge >= 0.3 is 6.09 Å². The number of hydrogen-bond donors (Lipinski definition) is 18. The molecule has 7 aromatic carbocycles. The molecule has 0 aromatic heterocycles. The lowest BCUT2D eigenvalue weighted by atomic mass is 9.87. The standard InChI is InChI=1S/C80H91Cl2N13O20/c1-80(2,3)115-79(111)93-63-40-15-18-54(98)58(32-40)112-45-29-42(28-44(96)35-45)64-76(108)90-65-43-33-59(113-56-19-13-38(26-49(56)81)27-52(72(104)88-64)87-74(63)106)70(102)60(34-43)114-57-20-16-41(31-50(57)82)68(100)67-78(110)91-66(73(105)86-23-11-25-95(6)7)47-36-55(99)48(37-84-21-9-8-12-51(83)71(103)85-22-10-24-94(4)5)69(101)61(47)46-30-39(14-17-53(46)97)62(75(107)92-67)89-77(65)109/h13-20,26,28-36,51-52,62-68,84,96-102H,8-12,21-25,27,37,83H2,1-7H3,(H,85,103)(H,86,105)(H,87,106)(H,88,104)(H,89,109)(H,90,108)(H,91,110)(H,92,107)(H,93,111)/t51?,52-,62-,63-,64-,65-,66-,67-,68?/m0/s1. The number of hydrogen-bond acceptors (Lipinski definition) is 24. The van der Waals surface area contributed by atoms with Crippen LogP contribution in [0.15, 0.2) is 109 Å². The maximum Gasteiger partial charge on any atom is 0.408 e. The summed E-state index contributed by atoms with van der Waals surface area (Å²) in [7, 11) is 7.46. The summed E-state index contributed by atoms with van der Waals surface area (Å²) >= 11 is 14.0. The first-order chi connectivity index (χ1) is 54.6. The van der Waals surface area contributed by atoms with E-state index in [0.29, 0.717) is 38.8 Å². The quantitative estimate of drug-likeness (QED) is 0.0426. The van der Waals surface area contributed by atoms with Crippen molar-refractivity contribution in [2.75, 3.05) is 60.9 Å². The number of phenols is 6. The molecule has 0 aliphatic carbocycles. The number of alkyl carbamates (subject to hydrolysis) is 1. The Kier molecular flexibility index (Phi) is 26.4. The van der Waals surface area contributed by atoms with Gasteiger partial charge in [0.2, 0.25) is 53.0 Å². The number of nitrogens with two attached hydrogens (primary N) is 1. The van der Waals surface area contributed by atoms with Crippen LogP contribution in [0, 0.1) is 0 Å². The van der Waals surface area contributed by atoms with Crippen molar-refractivity contribution in [2.24, 2.45) is 5.73 Å². The second kappa shape index (κ2) is 36.1. The fraction of sp³-hybridized carbons (Fsp3) is 0.362.